The third kappa shape index (κ3) is 4.21. The minimum absolute atomic E-state index is 0.201. The highest BCUT2D eigenvalue weighted by Crippen LogP contribution is 2.30. The van der Waals surface area contributed by atoms with Gasteiger partial charge in [0, 0.05) is 17.3 Å². The molecule has 7 heteroatoms. The number of nitrogens with one attached hydrogen (secondary N) is 1. The van der Waals surface area contributed by atoms with E-state index in [9.17, 15) is 4.79 Å². The van der Waals surface area contributed by atoms with Crippen LogP contribution in [-0.2, 0) is 0 Å². The Labute approximate surface area is 155 Å². The van der Waals surface area contributed by atoms with E-state index in [1.54, 1.807) is 4.90 Å². The van der Waals surface area contributed by atoms with Crippen molar-refractivity contribution < 1.29 is 4.79 Å². The molecule has 1 saturated carbocycles. The molecule has 1 heterocycles. The van der Waals surface area contributed by atoms with Crippen LogP contribution in [0.3, 0.4) is 0 Å². The van der Waals surface area contributed by atoms with Crippen LogP contribution in [0.4, 0.5) is 15.6 Å². The Morgan fingerprint density at radius 2 is 2.12 bits per heavy atom. The second-order valence-electron chi connectivity index (χ2n) is 6.09. The monoisotopic (exact) mass is 383 g/mol. The van der Waals surface area contributed by atoms with E-state index in [1.807, 2.05) is 25.1 Å². The van der Waals surface area contributed by atoms with Gasteiger partial charge < -0.3 is 0 Å². The quantitative estimate of drug-likeness (QED) is 0.704. The van der Waals surface area contributed by atoms with Crippen molar-refractivity contribution in [3.63, 3.8) is 0 Å². The lowest BCUT2D eigenvalue weighted by Crippen LogP contribution is -2.38. The Bertz CT molecular complexity index is 728. The van der Waals surface area contributed by atoms with Crippen LogP contribution < -0.4 is 10.2 Å². The molecule has 1 aliphatic carbocycles. The summed E-state index contributed by atoms with van der Waals surface area (Å²) >= 11 is 13.4. The molecule has 1 aromatic heterocycles. The number of carbonyl (C=O) groups is 1. The first-order valence-corrected chi connectivity index (χ1v) is 9.56. The van der Waals surface area contributed by atoms with E-state index in [1.165, 1.54) is 30.4 Å². The average Bonchev–Trinajstić information content (AvgIpc) is 3.19. The normalized spacial score (nSPS) is 14.8. The first-order valence-electron chi connectivity index (χ1n) is 7.99. The third-order valence-corrected chi connectivity index (χ3v) is 5.76. The van der Waals surface area contributed by atoms with Gasteiger partial charge in [0.25, 0.3) is 0 Å². The molecule has 1 aliphatic rings. The van der Waals surface area contributed by atoms with Crippen LogP contribution in [0.15, 0.2) is 24.4 Å². The maximum absolute atomic E-state index is 12.8. The lowest BCUT2D eigenvalue weighted by molar-refractivity contribution is 0.255. The van der Waals surface area contributed by atoms with Gasteiger partial charge in [-0.2, -0.15) is 0 Å². The summed E-state index contributed by atoms with van der Waals surface area (Å²) in [5.41, 5.74) is 1.80. The summed E-state index contributed by atoms with van der Waals surface area (Å²) in [6, 6.07) is 5.52. The minimum Gasteiger partial charge on any atom is -0.294 e. The highest BCUT2D eigenvalue weighted by atomic mass is 35.5. The van der Waals surface area contributed by atoms with Crippen molar-refractivity contribution in [1.82, 2.24) is 4.98 Å². The predicted molar refractivity (Wildman–Crippen MR) is 102 cm³/mol. The number of rotatable bonds is 4. The largest absolute Gasteiger partial charge is 0.328 e. The SMILES string of the molecule is Cc1ccc(N(CC2CCCC2)C(=O)Nc2ncc(Cl)s2)cc1Cl. The Hall–Kier alpha value is -1.30. The number of thiazole rings is 1. The standard InChI is InChI=1S/C17H19Cl2N3OS/c1-11-6-7-13(8-14(11)18)22(10-12-4-2-3-5-12)17(23)21-16-20-9-15(19)24-16/h6-9,12H,2-5,10H2,1H3,(H,20,21,23). The highest BCUT2D eigenvalue weighted by Gasteiger charge is 2.24. The van der Waals surface area contributed by atoms with E-state index in [0.29, 0.717) is 27.0 Å². The third-order valence-electron chi connectivity index (χ3n) is 4.32. The molecule has 2 aromatic rings. The van der Waals surface area contributed by atoms with Crippen LogP contribution in [0.5, 0.6) is 0 Å². The molecule has 4 nitrogen and oxygen atoms in total. The number of hydrogen-bond donors (Lipinski definition) is 1. The Morgan fingerprint density at radius 1 is 1.38 bits per heavy atom. The number of amides is 2. The van der Waals surface area contributed by atoms with Crippen molar-refractivity contribution in [3.05, 3.63) is 39.3 Å². The van der Waals surface area contributed by atoms with Crippen LogP contribution in [0.2, 0.25) is 9.36 Å². The first-order chi connectivity index (χ1) is 11.5. The molecule has 0 bridgehead atoms. The zero-order valence-electron chi connectivity index (χ0n) is 13.4. The molecule has 0 spiro atoms. The van der Waals surface area contributed by atoms with Gasteiger partial charge in [0.15, 0.2) is 5.13 Å². The van der Waals surface area contributed by atoms with Crippen LogP contribution in [-0.4, -0.2) is 17.6 Å². The lowest BCUT2D eigenvalue weighted by atomic mass is 10.1. The molecule has 0 atom stereocenters. The molecular weight excluding hydrogens is 365 g/mol. The molecule has 0 aliphatic heterocycles. The Balaban J connectivity index is 1.82. The summed E-state index contributed by atoms with van der Waals surface area (Å²) < 4.78 is 0.547. The van der Waals surface area contributed by atoms with Gasteiger partial charge in [0.1, 0.15) is 4.34 Å². The first kappa shape index (κ1) is 17.5. The molecular formula is C17H19Cl2N3OS. The minimum atomic E-state index is -0.201. The second-order valence-corrected chi connectivity index (χ2v) is 8.16. The van der Waals surface area contributed by atoms with Gasteiger partial charge in [-0.15, -0.1) is 0 Å². The summed E-state index contributed by atoms with van der Waals surface area (Å²) in [6.45, 7) is 2.63. The fourth-order valence-electron chi connectivity index (χ4n) is 2.98. The topological polar surface area (TPSA) is 45.2 Å². The van der Waals surface area contributed by atoms with Crippen LogP contribution in [0, 0.1) is 12.8 Å². The lowest BCUT2D eigenvalue weighted by Gasteiger charge is -2.26. The number of aryl methyl sites for hydroxylation is 1. The summed E-state index contributed by atoms with van der Waals surface area (Å²) in [4.78, 5) is 18.7. The molecule has 0 radical (unpaired) electrons. The maximum Gasteiger partial charge on any atom is 0.328 e. The molecule has 2 amide bonds. The number of carbonyl (C=O) groups excluding carboxylic acids is 1. The molecule has 24 heavy (non-hydrogen) atoms. The van der Waals surface area contributed by atoms with Gasteiger partial charge in [-0.3, -0.25) is 10.2 Å². The van der Waals surface area contributed by atoms with Gasteiger partial charge in [-0.1, -0.05) is 53.4 Å². The van der Waals surface area contributed by atoms with E-state index < -0.39 is 0 Å². The van der Waals surface area contributed by atoms with Gasteiger partial charge in [-0.25, -0.2) is 9.78 Å². The van der Waals surface area contributed by atoms with Gasteiger partial charge >= 0.3 is 6.03 Å². The van der Waals surface area contributed by atoms with Gasteiger partial charge in [0.2, 0.25) is 0 Å². The summed E-state index contributed by atoms with van der Waals surface area (Å²) in [5.74, 6) is 0.524. The molecule has 0 unspecified atom stereocenters. The smallest absolute Gasteiger partial charge is 0.294 e. The number of benzene rings is 1. The summed E-state index contributed by atoms with van der Waals surface area (Å²) in [7, 11) is 0. The number of halogens is 2. The number of aromatic nitrogens is 1. The average molecular weight is 384 g/mol. The van der Waals surface area contributed by atoms with E-state index in [0.717, 1.165) is 24.1 Å². The van der Waals surface area contributed by atoms with E-state index in [2.05, 4.69) is 10.3 Å². The second kappa shape index (κ2) is 7.72. The maximum atomic E-state index is 12.8. The van der Waals surface area contributed by atoms with Crippen LogP contribution >= 0.6 is 34.5 Å². The van der Waals surface area contributed by atoms with Crippen molar-refractivity contribution in [2.75, 3.05) is 16.8 Å². The number of nitrogens with zero attached hydrogens (tertiary/aromatic N) is 2. The Morgan fingerprint density at radius 3 is 2.75 bits per heavy atom. The van der Waals surface area contributed by atoms with E-state index in [4.69, 9.17) is 23.2 Å². The number of anilines is 2. The van der Waals surface area contributed by atoms with Crippen LogP contribution in [0.25, 0.3) is 0 Å². The van der Waals surface area contributed by atoms with Crippen molar-refractivity contribution in [3.8, 4) is 0 Å². The van der Waals surface area contributed by atoms with Crippen LogP contribution in [0.1, 0.15) is 31.2 Å². The molecule has 1 N–H and O–H groups in total. The molecule has 1 fully saturated rings. The zero-order chi connectivity index (χ0) is 17.1. The van der Waals surface area contributed by atoms with Gasteiger partial charge in [0.05, 0.1) is 6.20 Å². The predicted octanol–water partition coefficient (Wildman–Crippen LogP) is 5.99. The molecule has 3 rings (SSSR count). The fraction of sp³-hybridized carbons (Fsp3) is 0.412. The van der Waals surface area contributed by atoms with E-state index in [-0.39, 0.29) is 6.03 Å². The van der Waals surface area contributed by atoms with Crippen molar-refractivity contribution in [1.29, 1.82) is 0 Å². The highest BCUT2D eigenvalue weighted by molar-refractivity contribution is 7.19. The van der Waals surface area contributed by atoms with Crippen molar-refractivity contribution in [2.45, 2.75) is 32.6 Å². The zero-order valence-corrected chi connectivity index (χ0v) is 15.7. The van der Waals surface area contributed by atoms with E-state index >= 15 is 0 Å². The molecule has 128 valence electrons. The molecule has 1 aromatic carbocycles. The van der Waals surface area contributed by atoms with Crippen molar-refractivity contribution in [2.24, 2.45) is 5.92 Å². The summed E-state index contributed by atoms with van der Waals surface area (Å²) in [6.07, 6.45) is 6.32. The van der Waals surface area contributed by atoms with Crippen molar-refractivity contribution >= 4 is 51.4 Å². The number of urea groups is 1. The van der Waals surface area contributed by atoms with Gasteiger partial charge in [-0.05, 0) is 43.4 Å². The summed E-state index contributed by atoms with van der Waals surface area (Å²) in [5, 5.41) is 4.00. The molecule has 0 saturated heterocycles. The Kier molecular flexibility index (Phi) is 5.64. The number of hydrogen-bond acceptors (Lipinski definition) is 3. The fourth-order valence-corrected chi connectivity index (χ4v) is 3.95.